The zero-order valence-electron chi connectivity index (χ0n) is 13.9. The fourth-order valence-electron chi connectivity index (χ4n) is 3.53. The Balaban J connectivity index is 1.34. The van der Waals surface area contributed by atoms with Gasteiger partial charge in [-0.1, -0.05) is 6.07 Å². The summed E-state index contributed by atoms with van der Waals surface area (Å²) < 4.78 is 7.90. The number of hydrogen-bond acceptors (Lipinski definition) is 4. The number of carbonyl (C=O) groups is 1. The first kappa shape index (κ1) is 15.2. The van der Waals surface area contributed by atoms with E-state index in [0.29, 0.717) is 6.54 Å². The number of fused-ring (bicyclic) bond motifs is 2. The smallest absolute Gasteiger partial charge is 0.261 e. The average Bonchev–Trinajstić information content (AvgIpc) is 3.29. The van der Waals surface area contributed by atoms with Gasteiger partial charge in [-0.3, -0.25) is 4.79 Å². The van der Waals surface area contributed by atoms with Crippen LogP contribution in [0.2, 0.25) is 0 Å². The number of benzene rings is 1. The molecule has 1 aliphatic heterocycles. The molecule has 1 N–H and O–H groups in total. The van der Waals surface area contributed by atoms with E-state index in [-0.39, 0.29) is 5.91 Å². The molecular formula is C18H22N4O2. The lowest BCUT2D eigenvalue weighted by molar-refractivity contribution is -0.127. The van der Waals surface area contributed by atoms with E-state index in [1.807, 2.05) is 6.07 Å². The number of aromatic nitrogens is 3. The number of carbonyl (C=O) groups excluding carboxylic acids is 1. The summed E-state index contributed by atoms with van der Waals surface area (Å²) in [6, 6.07) is 6.14. The summed E-state index contributed by atoms with van der Waals surface area (Å²) in [6.45, 7) is 3.11. The van der Waals surface area contributed by atoms with Gasteiger partial charge in [0, 0.05) is 13.0 Å². The highest BCUT2D eigenvalue weighted by Gasteiger charge is 2.20. The van der Waals surface area contributed by atoms with Gasteiger partial charge in [-0.2, -0.15) is 0 Å². The van der Waals surface area contributed by atoms with Crippen LogP contribution in [-0.2, 0) is 37.1 Å². The van der Waals surface area contributed by atoms with Crippen molar-refractivity contribution in [3.8, 4) is 5.75 Å². The van der Waals surface area contributed by atoms with E-state index >= 15 is 0 Å². The van der Waals surface area contributed by atoms with Crippen LogP contribution < -0.4 is 10.1 Å². The Morgan fingerprint density at radius 3 is 3.04 bits per heavy atom. The normalized spacial score (nSPS) is 16.5. The van der Waals surface area contributed by atoms with Crippen molar-refractivity contribution in [2.24, 2.45) is 0 Å². The van der Waals surface area contributed by atoms with Crippen molar-refractivity contribution in [1.29, 1.82) is 0 Å². The van der Waals surface area contributed by atoms with Gasteiger partial charge in [-0.15, -0.1) is 10.2 Å². The maximum Gasteiger partial charge on any atom is 0.261 e. The maximum atomic E-state index is 12.3. The Labute approximate surface area is 141 Å². The molecule has 6 nitrogen and oxygen atoms in total. The van der Waals surface area contributed by atoms with Gasteiger partial charge in [-0.05, 0) is 55.9 Å². The van der Waals surface area contributed by atoms with Crippen molar-refractivity contribution in [1.82, 2.24) is 20.1 Å². The van der Waals surface area contributed by atoms with Gasteiger partial charge in [-0.25, -0.2) is 0 Å². The summed E-state index contributed by atoms with van der Waals surface area (Å²) in [5, 5.41) is 11.2. The van der Waals surface area contributed by atoms with Crippen molar-refractivity contribution < 1.29 is 9.53 Å². The van der Waals surface area contributed by atoms with Gasteiger partial charge in [0.2, 0.25) is 0 Å². The van der Waals surface area contributed by atoms with E-state index in [1.54, 1.807) is 6.92 Å². The van der Waals surface area contributed by atoms with E-state index in [9.17, 15) is 4.79 Å². The first-order valence-corrected chi connectivity index (χ1v) is 8.68. The molecule has 2 aliphatic rings. The number of hydrogen-bond donors (Lipinski definition) is 1. The summed E-state index contributed by atoms with van der Waals surface area (Å²) in [6.07, 6.45) is 4.99. The number of nitrogens with one attached hydrogen (secondary N) is 1. The third-order valence-electron chi connectivity index (χ3n) is 4.86. The zero-order valence-corrected chi connectivity index (χ0v) is 13.9. The minimum atomic E-state index is -0.537. The second kappa shape index (κ2) is 6.26. The highest BCUT2D eigenvalue weighted by atomic mass is 16.5. The van der Waals surface area contributed by atoms with Gasteiger partial charge >= 0.3 is 0 Å². The van der Waals surface area contributed by atoms with Crippen LogP contribution in [0.15, 0.2) is 18.2 Å². The van der Waals surface area contributed by atoms with E-state index in [4.69, 9.17) is 4.74 Å². The molecule has 2 heterocycles. The molecule has 0 spiro atoms. The minimum Gasteiger partial charge on any atom is -0.481 e. The number of ether oxygens (including phenoxy) is 1. The largest absolute Gasteiger partial charge is 0.481 e. The van der Waals surface area contributed by atoms with E-state index in [1.165, 1.54) is 17.5 Å². The van der Waals surface area contributed by atoms with E-state index in [0.717, 1.165) is 49.6 Å². The predicted octanol–water partition coefficient (Wildman–Crippen LogP) is 1.80. The summed E-state index contributed by atoms with van der Waals surface area (Å²) in [4.78, 5) is 12.3. The van der Waals surface area contributed by atoms with Crippen LogP contribution in [0.5, 0.6) is 5.75 Å². The number of aryl methyl sites for hydroxylation is 3. The molecule has 0 unspecified atom stereocenters. The SMILES string of the molecule is C[C@@H](Oc1ccc2c(c1)CCC2)C(=O)NCc1nnc2n1CCC2. The standard InChI is InChI=1S/C18H22N4O2/c1-12(24-15-8-7-13-4-2-5-14(13)10-15)18(23)19-11-17-21-20-16-6-3-9-22(16)17/h7-8,10,12H,2-6,9,11H2,1H3,(H,19,23)/t12-/m1/s1. The molecule has 0 fully saturated rings. The number of amides is 1. The molecular weight excluding hydrogens is 304 g/mol. The summed E-state index contributed by atoms with van der Waals surface area (Å²) in [5.41, 5.74) is 2.75. The molecule has 1 aliphatic carbocycles. The van der Waals surface area contributed by atoms with Crippen molar-refractivity contribution >= 4 is 5.91 Å². The molecule has 24 heavy (non-hydrogen) atoms. The van der Waals surface area contributed by atoms with Crippen molar-refractivity contribution in [2.75, 3.05) is 0 Å². The number of nitrogens with zero attached hydrogens (tertiary/aromatic N) is 3. The van der Waals surface area contributed by atoms with Crippen LogP contribution in [0.3, 0.4) is 0 Å². The Morgan fingerprint density at radius 1 is 1.25 bits per heavy atom. The Bertz CT molecular complexity index is 768. The lowest BCUT2D eigenvalue weighted by Gasteiger charge is -2.15. The third-order valence-corrected chi connectivity index (χ3v) is 4.86. The van der Waals surface area contributed by atoms with Crippen LogP contribution >= 0.6 is 0 Å². The van der Waals surface area contributed by atoms with Gasteiger partial charge < -0.3 is 14.6 Å². The molecule has 0 saturated carbocycles. The summed E-state index contributed by atoms with van der Waals surface area (Å²) >= 11 is 0. The van der Waals surface area contributed by atoms with Crippen LogP contribution in [0.25, 0.3) is 0 Å². The Kier molecular flexibility index (Phi) is 3.96. The van der Waals surface area contributed by atoms with E-state index < -0.39 is 6.10 Å². The highest BCUT2D eigenvalue weighted by molar-refractivity contribution is 5.80. The Morgan fingerprint density at radius 2 is 2.12 bits per heavy atom. The minimum absolute atomic E-state index is 0.133. The fourth-order valence-corrected chi connectivity index (χ4v) is 3.53. The van der Waals surface area contributed by atoms with Gasteiger partial charge in [0.25, 0.3) is 5.91 Å². The van der Waals surface area contributed by atoms with Gasteiger partial charge in [0.05, 0.1) is 6.54 Å². The summed E-state index contributed by atoms with van der Waals surface area (Å²) in [7, 11) is 0. The van der Waals surface area contributed by atoms with Crippen molar-refractivity contribution in [2.45, 2.75) is 58.2 Å². The maximum absolute atomic E-state index is 12.3. The molecule has 6 heteroatoms. The lowest BCUT2D eigenvalue weighted by Crippen LogP contribution is -2.36. The van der Waals surface area contributed by atoms with Crippen molar-refractivity contribution in [3.05, 3.63) is 41.0 Å². The molecule has 0 bridgehead atoms. The first-order valence-electron chi connectivity index (χ1n) is 8.68. The van der Waals surface area contributed by atoms with Crippen molar-refractivity contribution in [3.63, 3.8) is 0 Å². The molecule has 1 atom stereocenters. The quantitative estimate of drug-likeness (QED) is 0.909. The first-order chi connectivity index (χ1) is 11.7. The second-order valence-electron chi connectivity index (χ2n) is 6.55. The number of rotatable bonds is 5. The van der Waals surface area contributed by atoms with Crippen LogP contribution in [0.4, 0.5) is 0 Å². The fraction of sp³-hybridized carbons (Fsp3) is 0.500. The molecule has 1 aromatic heterocycles. The van der Waals surface area contributed by atoms with Crippen LogP contribution in [-0.4, -0.2) is 26.8 Å². The predicted molar refractivity (Wildman–Crippen MR) is 88.7 cm³/mol. The molecule has 0 radical (unpaired) electrons. The zero-order chi connectivity index (χ0) is 16.5. The van der Waals surface area contributed by atoms with Crippen LogP contribution in [0.1, 0.15) is 42.5 Å². The van der Waals surface area contributed by atoms with E-state index in [2.05, 4.69) is 32.2 Å². The van der Waals surface area contributed by atoms with Gasteiger partial charge in [0.1, 0.15) is 11.6 Å². The molecule has 0 saturated heterocycles. The van der Waals surface area contributed by atoms with Crippen LogP contribution in [0, 0.1) is 0 Å². The van der Waals surface area contributed by atoms with Gasteiger partial charge in [0.15, 0.2) is 11.9 Å². The second-order valence-corrected chi connectivity index (χ2v) is 6.55. The molecule has 2 aromatic rings. The molecule has 1 amide bonds. The Hall–Kier alpha value is -2.37. The topological polar surface area (TPSA) is 69.0 Å². The highest BCUT2D eigenvalue weighted by Crippen LogP contribution is 2.26. The molecule has 4 rings (SSSR count). The molecule has 1 aromatic carbocycles. The third kappa shape index (κ3) is 2.88. The summed E-state index contributed by atoms with van der Waals surface area (Å²) in [5.74, 6) is 2.47. The lowest BCUT2D eigenvalue weighted by atomic mass is 10.1. The average molecular weight is 326 g/mol. The monoisotopic (exact) mass is 326 g/mol. The molecule has 126 valence electrons.